The Labute approximate surface area is 146 Å². The summed E-state index contributed by atoms with van der Waals surface area (Å²) >= 11 is 0. The SMILES string of the molecule is Cc1cc(O)c(C(C)(C)C)cc1-c1c(C)ccc(C(C)(C)C)c1O. The third kappa shape index (κ3) is 3.28. The van der Waals surface area contributed by atoms with Crippen LogP contribution in [0.15, 0.2) is 24.3 Å². The predicted molar refractivity (Wildman–Crippen MR) is 102 cm³/mol. The molecule has 0 bridgehead atoms. The van der Waals surface area contributed by atoms with Gasteiger partial charge < -0.3 is 10.2 Å². The molecule has 2 N–H and O–H groups in total. The Bertz CT molecular complexity index is 772. The summed E-state index contributed by atoms with van der Waals surface area (Å²) in [4.78, 5) is 0. The lowest BCUT2D eigenvalue weighted by atomic mass is 9.80. The minimum absolute atomic E-state index is 0.135. The van der Waals surface area contributed by atoms with Crippen LogP contribution in [-0.2, 0) is 10.8 Å². The fourth-order valence-electron chi connectivity index (χ4n) is 3.20. The highest BCUT2D eigenvalue weighted by molar-refractivity contribution is 5.79. The highest BCUT2D eigenvalue weighted by atomic mass is 16.3. The van der Waals surface area contributed by atoms with Gasteiger partial charge in [-0.05, 0) is 64.6 Å². The maximum atomic E-state index is 11.0. The minimum atomic E-state index is -0.169. The Morgan fingerprint density at radius 1 is 0.708 bits per heavy atom. The van der Waals surface area contributed by atoms with Crippen LogP contribution < -0.4 is 0 Å². The van der Waals surface area contributed by atoms with E-state index < -0.39 is 0 Å². The molecule has 0 aromatic heterocycles. The molecule has 0 atom stereocenters. The van der Waals surface area contributed by atoms with Gasteiger partial charge in [0.25, 0.3) is 0 Å². The van der Waals surface area contributed by atoms with Gasteiger partial charge in [0.05, 0.1) is 0 Å². The molecule has 0 aliphatic carbocycles. The zero-order chi connectivity index (χ0) is 18.4. The first-order valence-electron chi connectivity index (χ1n) is 8.51. The van der Waals surface area contributed by atoms with E-state index in [0.717, 1.165) is 33.4 Å². The molecule has 0 aliphatic heterocycles. The average Bonchev–Trinajstić information content (AvgIpc) is 2.37. The first-order chi connectivity index (χ1) is 10.8. The van der Waals surface area contributed by atoms with Crippen molar-refractivity contribution in [1.29, 1.82) is 0 Å². The number of hydrogen-bond donors (Lipinski definition) is 2. The molecule has 24 heavy (non-hydrogen) atoms. The summed E-state index contributed by atoms with van der Waals surface area (Å²) in [5, 5.41) is 21.3. The van der Waals surface area contributed by atoms with Gasteiger partial charge in [0, 0.05) is 5.56 Å². The molecule has 2 rings (SSSR count). The molecule has 0 amide bonds. The molecule has 2 heteroatoms. The minimum Gasteiger partial charge on any atom is -0.508 e. The summed E-state index contributed by atoms with van der Waals surface area (Å²) in [7, 11) is 0. The van der Waals surface area contributed by atoms with Crippen LogP contribution in [0, 0.1) is 13.8 Å². The van der Waals surface area contributed by atoms with Crippen molar-refractivity contribution >= 4 is 0 Å². The number of phenolic OH excluding ortho intramolecular Hbond substituents is 2. The molecule has 0 heterocycles. The molecular weight excluding hydrogens is 296 g/mol. The molecule has 0 saturated heterocycles. The Balaban J connectivity index is 2.82. The smallest absolute Gasteiger partial charge is 0.127 e. The van der Waals surface area contributed by atoms with E-state index in [4.69, 9.17) is 0 Å². The van der Waals surface area contributed by atoms with E-state index in [1.165, 1.54) is 0 Å². The highest BCUT2D eigenvalue weighted by Crippen LogP contribution is 2.44. The van der Waals surface area contributed by atoms with Crippen LogP contribution in [0.5, 0.6) is 11.5 Å². The molecule has 0 saturated carbocycles. The summed E-state index contributed by atoms with van der Waals surface area (Å²) in [6.45, 7) is 16.6. The lowest BCUT2D eigenvalue weighted by Gasteiger charge is -2.26. The second-order valence-corrected chi connectivity index (χ2v) is 8.84. The average molecular weight is 326 g/mol. The summed E-state index contributed by atoms with van der Waals surface area (Å²) in [5.41, 5.74) is 5.38. The van der Waals surface area contributed by atoms with Crippen molar-refractivity contribution in [2.24, 2.45) is 0 Å². The second kappa shape index (κ2) is 5.84. The molecular formula is C22H30O2. The third-order valence-electron chi connectivity index (χ3n) is 4.61. The standard InChI is InChI=1S/C22H30O2/c1-13-9-10-16(21(3,4)5)20(24)19(13)15-12-17(22(6,7)8)18(23)11-14(15)2/h9-12,23-24H,1-8H3. The molecule has 2 aromatic rings. The van der Waals surface area contributed by atoms with Gasteiger partial charge in [-0.2, -0.15) is 0 Å². The molecule has 0 spiro atoms. The van der Waals surface area contributed by atoms with Crippen molar-refractivity contribution in [3.05, 3.63) is 46.5 Å². The van der Waals surface area contributed by atoms with Gasteiger partial charge in [0.1, 0.15) is 11.5 Å². The highest BCUT2D eigenvalue weighted by Gasteiger charge is 2.25. The van der Waals surface area contributed by atoms with Crippen LogP contribution in [0.2, 0.25) is 0 Å². The van der Waals surface area contributed by atoms with E-state index in [2.05, 4.69) is 47.6 Å². The number of aromatic hydroxyl groups is 2. The van der Waals surface area contributed by atoms with E-state index in [0.29, 0.717) is 11.5 Å². The summed E-state index contributed by atoms with van der Waals surface area (Å²) in [6, 6.07) is 7.91. The van der Waals surface area contributed by atoms with Crippen molar-refractivity contribution in [3.63, 3.8) is 0 Å². The molecule has 2 aromatic carbocycles. The normalized spacial score (nSPS) is 12.5. The maximum Gasteiger partial charge on any atom is 0.127 e. The first kappa shape index (κ1) is 18.4. The van der Waals surface area contributed by atoms with Gasteiger partial charge in [-0.1, -0.05) is 53.7 Å². The van der Waals surface area contributed by atoms with E-state index in [1.807, 2.05) is 26.0 Å². The quantitative estimate of drug-likeness (QED) is 0.677. The van der Waals surface area contributed by atoms with Gasteiger partial charge in [-0.15, -0.1) is 0 Å². The molecule has 0 fully saturated rings. The Morgan fingerprint density at radius 3 is 1.75 bits per heavy atom. The Hall–Kier alpha value is -1.96. The fourth-order valence-corrected chi connectivity index (χ4v) is 3.20. The number of aryl methyl sites for hydroxylation is 2. The van der Waals surface area contributed by atoms with Crippen molar-refractivity contribution in [2.75, 3.05) is 0 Å². The van der Waals surface area contributed by atoms with Crippen LogP contribution in [0.4, 0.5) is 0 Å². The van der Waals surface area contributed by atoms with Gasteiger partial charge in [-0.25, -0.2) is 0 Å². The van der Waals surface area contributed by atoms with Crippen molar-refractivity contribution in [3.8, 4) is 22.6 Å². The third-order valence-corrected chi connectivity index (χ3v) is 4.61. The van der Waals surface area contributed by atoms with Crippen LogP contribution in [0.1, 0.15) is 63.8 Å². The Morgan fingerprint density at radius 2 is 1.25 bits per heavy atom. The monoisotopic (exact) mass is 326 g/mol. The summed E-state index contributed by atoms with van der Waals surface area (Å²) < 4.78 is 0. The van der Waals surface area contributed by atoms with Gasteiger partial charge >= 0.3 is 0 Å². The van der Waals surface area contributed by atoms with Crippen LogP contribution in [-0.4, -0.2) is 10.2 Å². The fraction of sp³-hybridized carbons (Fsp3) is 0.455. The van der Waals surface area contributed by atoms with Gasteiger partial charge in [-0.3, -0.25) is 0 Å². The zero-order valence-corrected chi connectivity index (χ0v) is 16.2. The topological polar surface area (TPSA) is 40.5 Å². The van der Waals surface area contributed by atoms with Crippen molar-refractivity contribution in [1.82, 2.24) is 0 Å². The molecule has 2 nitrogen and oxygen atoms in total. The van der Waals surface area contributed by atoms with E-state index in [-0.39, 0.29) is 10.8 Å². The van der Waals surface area contributed by atoms with Crippen molar-refractivity contribution < 1.29 is 10.2 Å². The molecule has 0 radical (unpaired) electrons. The summed E-state index contributed by atoms with van der Waals surface area (Å²) in [6.07, 6.45) is 0. The zero-order valence-electron chi connectivity index (χ0n) is 16.2. The molecule has 130 valence electrons. The second-order valence-electron chi connectivity index (χ2n) is 8.84. The van der Waals surface area contributed by atoms with Crippen LogP contribution >= 0.6 is 0 Å². The van der Waals surface area contributed by atoms with Crippen molar-refractivity contribution in [2.45, 2.75) is 66.2 Å². The van der Waals surface area contributed by atoms with Crippen LogP contribution in [0.25, 0.3) is 11.1 Å². The van der Waals surface area contributed by atoms with E-state index in [9.17, 15) is 10.2 Å². The van der Waals surface area contributed by atoms with Crippen LogP contribution in [0.3, 0.4) is 0 Å². The van der Waals surface area contributed by atoms with Gasteiger partial charge in [0.15, 0.2) is 0 Å². The maximum absolute atomic E-state index is 11.0. The number of phenols is 2. The molecule has 0 unspecified atom stereocenters. The lowest BCUT2D eigenvalue weighted by Crippen LogP contribution is -2.13. The first-order valence-corrected chi connectivity index (χ1v) is 8.51. The summed E-state index contributed by atoms with van der Waals surface area (Å²) in [5.74, 6) is 0.656. The largest absolute Gasteiger partial charge is 0.508 e. The number of hydrogen-bond acceptors (Lipinski definition) is 2. The Kier molecular flexibility index (Phi) is 4.47. The lowest BCUT2D eigenvalue weighted by molar-refractivity contribution is 0.444. The van der Waals surface area contributed by atoms with Gasteiger partial charge in [0.2, 0.25) is 0 Å². The molecule has 0 aliphatic rings. The predicted octanol–water partition coefficient (Wildman–Crippen LogP) is 5.98. The number of benzene rings is 2. The van der Waals surface area contributed by atoms with E-state index >= 15 is 0 Å². The van der Waals surface area contributed by atoms with E-state index in [1.54, 1.807) is 6.07 Å². The number of rotatable bonds is 1.